The van der Waals surface area contributed by atoms with Crippen LogP contribution in [0, 0.1) is 0 Å². The van der Waals surface area contributed by atoms with Crippen LogP contribution in [0.15, 0.2) is 28.7 Å². The van der Waals surface area contributed by atoms with Gasteiger partial charge in [-0.25, -0.2) is 0 Å². The number of esters is 1. The van der Waals surface area contributed by atoms with Crippen molar-refractivity contribution in [3.05, 3.63) is 34.3 Å². The highest BCUT2D eigenvalue weighted by atomic mass is 79.9. The molecule has 0 heterocycles. The summed E-state index contributed by atoms with van der Waals surface area (Å²) in [5.41, 5.74) is 0.620. The van der Waals surface area contributed by atoms with E-state index in [1.165, 1.54) is 7.11 Å². The molecule has 0 N–H and O–H groups in total. The lowest BCUT2D eigenvalue weighted by Crippen LogP contribution is -2.15. The van der Waals surface area contributed by atoms with Crippen LogP contribution in [0.2, 0.25) is 0 Å². The topological polar surface area (TPSA) is 43.4 Å². The second kappa shape index (κ2) is 4.91. The summed E-state index contributed by atoms with van der Waals surface area (Å²) in [6.07, 6.45) is 0.575. The summed E-state index contributed by atoms with van der Waals surface area (Å²) in [4.78, 5) is 22.0. The number of rotatable bonds is 3. The zero-order valence-electron chi connectivity index (χ0n) is 7.57. The molecule has 3 nitrogen and oxygen atoms in total. The lowest BCUT2D eigenvalue weighted by Gasteiger charge is -2.09. The second-order valence-corrected chi connectivity index (χ2v) is 3.51. The van der Waals surface area contributed by atoms with Crippen LogP contribution < -0.4 is 0 Å². The van der Waals surface area contributed by atoms with Gasteiger partial charge in [0.05, 0.1) is 7.11 Å². The normalized spacial score (nSPS) is 11.9. The molecule has 0 aliphatic heterocycles. The molecule has 1 aromatic rings. The van der Waals surface area contributed by atoms with E-state index in [1.807, 2.05) is 6.07 Å². The fourth-order valence-electron chi connectivity index (χ4n) is 1.11. The van der Waals surface area contributed by atoms with Crippen LogP contribution in [0.3, 0.4) is 0 Å². The molecule has 0 saturated carbocycles. The number of hydrogen-bond donors (Lipinski definition) is 0. The quantitative estimate of drug-likeness (QED) is 0.472. The van der Waals surface area contributed by atoms with Crippen molar-refractivity contribution in [1.82, 2.24) is 0 Å². The first-order chi connectivity index (χ1) is 6.70. The van der Waals surface area contributed by atoms with Gasteiger partial charge < -0.3 is 9.53 Å². The zero-order valence-corrected chi connectivity index (χ0v) is 9.15. The van der Waals surface area contributed by atoms with E-state index in [4.69, 9.17) is 0 Å². The minimum atomic E-state index is -0.851. The van der Waals surface area contributed by atoms with Gasteiger partial charge in [-0.15, -0.1) is 0 Å². The Morgan fingerprint density at radius 2 is 2.14 bits per heavy atom. The van der Waals surface area contributed by atoms with Gasteiger partial charge in [-0.2, -0.15) is 0 Å². The van der Waals surface area contributed by atoms with Gasteiger partial charge in [0.2, 0.25) is 0 Å². The molecule has 1 atom stereocenters. The fraction of sp³-hybridized carbons (Fsp3) is 0.200. The van der Waals surface area contributed by atoms with Crippen molar-refractivity contribution in [2.24, 2.45) is 0 Å². The average Bonchev–Trinajstić information content (AvgIpc) is 2.21. The molecule has 0 saturated heterocycles. The molecule has 0 radical (unpaired) electrons. The molecule has 0 aliphatic rings. The number of carbonyl (C=O) groups is 2. The van der Waals surface area contributed by atoms with Crippen molar-refractivity contribution in [2.45, 2.75) is 5.92 Å². The first-order valence-electron chi connectivity index (χ1n) is 3.98. The molecule has 74 valence electrons. The van der Waals surface area contributed by atoms with Crippen LogP contribution in [0.4, 0.5) is 0 Å². The van der Waals surface area contributed by atoms with Crippen molar-refractivity contribution in [3.8, 4) is 0 Å². The first kappa shape index (κ1) is 10.9. The van der Waals surface area contributed by atoms with Gasteiger partial charge in [-0.05, 0) is 11.6 Å². The molecule has 14 heavy (non-hydrogen) atoms. The largest absolute Gasteiger partial charge is 0.468 e. The summed E-state index contributed by atoms with van der Waals surface area (Å²) in [5, 5.41) is 0. The van der Waals surface area contributed by atoms with Crippen LogP contribution in [-0.2, 0) is 14.3 Å². The van der Waals surface area contributed by atoms with Gasteiger partial charge in [0.1, 0.15) is 12.2 Å². The lowest BCUT2D eigenvalue weighted by molar-refractivity contribution is -0.143. The molecule has 0 aliphatic carbocycles. The number of benzene rings is 1. The summed E-state index contributed by atoms with van der Waals surface area (Å²) in [6, 6.07) is 7.06. The molecule has 1 aromatic carbocycles. The summed E-state index contributed by atoms with van der Waals surface area (Å²) < 4.78 is 5.25. The van der Waals surface area contributed by atoms with E-state index < -0.39 is 11.9 Å². The predicted molar refractivity (Wildman–Crippen MR) is 55.0 cm³/mol. The van der Waals surface area contributed by atoms with Gasteiger partial charge in [-0.1, -0.05) is 34.1 Å². The Morgan fingerprint density at radius 1 is 1.50 bits per heavy atom. The van der Waals surface area contributed by atoms with Crippen molar-refractivity contribution in [1.29, 1.82) is 0 Å². The van der Waals surface area contributed by atoms with Gasteiger partial charge in [0.25, 0.3) is 0 Å². The SMILES string of the molecule is COC(=O)C(C=O)c1ccccc1Br. The van der Waals surface area contributed by atoms with Crippen LogP contribution in [0.1, 0.15) is 11.5 Å². The lowest BCUT2D eigenvalue weighted by atomic mass is 10.0. The number of aldehydes is 1. The third-order valence-electron chi connectivity index (χ3n) is 1.83. The third-order valence-corrected chi connectivity index (χ3v) is 2.55. The Kier molecular flexibility index (Phi) is 3.83. The van der Waals surface area contributed by atoms with Gasteiger partial charge in [0, 0.05) is 4.47 Å². The molecular formula is C10H9BrO3. The maximum atomic E-state index is 11.2. The van der Waals surface area contributed by atoms with Crippen LogP contribution >= 0.6 is 15.9 Å². The van der Waals surface area contributed by atoms with Crippen LogP contribution in [-0.4, -0.2) is 19.4 Å². The summed E-state index contributed by atoms with van der Waals surface area (Å²) >= 11 is 3.27. The highest BCUT2D eigenvalue weighted by molar-refractivity contribution is 9.10. The summed E-state index contributed by atoms with van der Waals surface area (Å²) in [5.74, 6) is -1.40. The van der Waals surface area contributed by atoms with Crippen LogP contribution in [0.5, 0.6) is 0 Å². The molecule has 0 spiro atoms. The number of halogens is 1. The van der Waals surface area contributed by atoms with E-state index in [0.29, 0.717) is 11.8 Å². The molecule has 1 unspecified atom stereocenters. The Hall–Kier alpha value is -1.16. The summed E-state index contributed by atoms with van der Waals surface area (Å²) in [7, 11) is 1.26. The standard InChI is InChI=1S/C10H9BrO3/c1-14-10(13)8(6-12)7-4-2-3-5-9(7)11/h2-6,8H,1H3. The van der Waals surface area contributed by atoms with Crippen molar-refractivity contribution in [2.75, 3.05) is 7.11 Å². The highest BCUT2D eigenvalue weighted by Gasteiger charge is 2.22. The minimum absolute atomic E-state index is 0.549. The minimum Gasteiger partial charge on any atom is -0.468 e. The molecule has 0 amide bonds. The Morgan fingerprint density at radius 3 is 2.64 bits per heavy atom. The predicted octanol–water partition coefficient (Wildman–Crippen LogP) is 1.90. The second-order valence-electron chi connectivity index (χ2n) is 2.66. The van der Waals surface area contributed by atoms with Crippen molar-refractivity contribution in [3.63, 3.8) is 0 Å². The number of ether oxygens (including phenoxy) is 1. The Balaban J connectivity index is 3.07. The summed E-state index contributed by atoms with van der Waals surface area (Å²) in [6.45, 7) is 0. The van der Waals surface area contributed by atoms with E-state index >= 15 is 0 Å². The number of hydrogen-bond acceptors (Lipinski definition) is 3. The maximum absolute atomic E-state index is 11.2. The number of carbonyl (C=O) groups excluding carboxylic acids is 2. The van der Waals surface area contributed by atoms with Crippen molar-refractivity contribution >= 4 is 28.2 Å². The third kappa shape index (κ3) is 2.20. The molecule has 0 bridgehead atoms. The molecular weight excluding hydrogens is 248 g/mol. The monoisotopic (exact) mass is 256 g/mol. The Labute approximate surface area is 90.2 Å². The van der Waals surface area contributed by atoms with Gasteiger partial charge in [0.15, 0.2) is 0 Å². The van der Waals surface area contributed by atoms with E-state index in [-0.39, 0.29) is 0 Å². The highest BCUT2D eigenvalue weighted by Crippen LogP contribution is 2.24. The van der Waals surface area contributed by atoms with E-state index in [9.17, 15) is 9.59 Å². The van der Waals surface area contributed by atoms with Gasteiger partial charge >= 0.3 is 5.97 Å². The van der Waals surface area contributed by atoms with Gasteiger partial charge in [-0.3, -0.25) is 4.79 Å². The molecule has 0 aromatic heterocycles. The zero-order chi connectivity index (χ0) is 10.6. The van der Waals surface area contributed by atoms with Crippen LogP contribution in [0.25, 0.3) is 0 Å². The van der Waals surface area contributed by atoms with E-state index in [1.54, 1.807) is 18.2 Å². The maximum Gasteiger partial charge on any atom is 0.320 e. The average molecular weight is 257 g/mol. The van der Waals surface area contributed by atoms with E-state index in [2.05, 4.69) is 20.7 Å². The molecule has 0 fully saturated rings. The Bertz CT molecular complexity index is 349. The first-order valence-corrected chi connectivity index (χ1v) is 4.77. The number of methoxy groups -OCH3 is 1. The smallest absolute Gasteiger partial charge is 0.320 e. The molecule has 1 rings (SSSR count). The molecule has 4 heteroatoms. The van der Waals surface area contributed by atoms with Crippen molar-refractivity contribution < 1.29 is 14.3 Å². The van der Waals surface area contributed by atoms with E-state index in [0.717, 1.165) is 4.47 Å². The fourth-order valence-corrected chi connectivity index (χ4v) is 1.64.